The summed E-state index contributed by atoms with van der Waals surface area (Å²) in [5, 5.41) is 8.88. The molecule has 104 valence electrons. The van der Waals surface area contributed by atoms with Crippen LogP contribution in [0.3, 0.4) is 0 Å². The highest BCUT2D eigenvalue weighted by atomic mass is 127. The van der Waals surface area contributed by atoms with E-state index in [1.807, 2.05) is 49.4 Å². The number of aromatic amines is 1. The predicted octanol–water partition coefficient (Wildman–Crippen LogP) is 2.64. The van der Waals surface area contributed by atoms with Gasteiger partial charge < -0.3 is 9.72 Å². The molecule has 1 N–H and O–H groups in total. The largest absolute Gasteiger partial charge is 0.450 e. The van der Waals surface area contributed by atoms with Crippen molar-refractivity contribution in [1.82, 2.24) is 14.9 Å². The SMILES string of the molecule is CCOC(=O)N(Cc1nc(C#N)c(I)[nH]1)C(C)(C)C. The van der Waals surface area contributed by atoms with Gasteiger partial charge in [0.05, 0.1) is 13.2 Å². The number of imidazole rings is 1. The fourth-order valence-electron chi connectivity index (χ4n) is 1.47. The monoisotopic (exact) mass is 376 g/mol. The highest BCUT2D eigenvalue weighted by Crippen LogP contribution is 2.18. The molecule has 0 saturated carbocycles. The molecule has 0 unspecified atom stereocenters. The Kier molecular flexibility index (Phi) is 5.17. The number of nitriles is 1. The molecule has 0 aliphatic carbocycles. The molecule has 1 heterocycles. The third kappa shape index (κ3) is 4.09. The van der Waals surface area contributed by atoms with Crippen LogP contribution in [-0.2, 0) is 11.3 Å². The third-order valence-corrected chi connectivity index (χ3v) is 3.20. The number of ether oxygens (including phenoxy) is 1. The van der Waals surface area contributed by atoms with Crippen LogP contribution in [0.4, 0.5) is 4.79 Å². The summed E-state index contributed by atoms with van der Waals surface area (Å²) in [5.41, 5.74) is -0.0505. The zero-order valence-corrected chi connectivity index (χ0v) is 13.6. The van der Waals surface area contributed by atoms with Gasteiger partial charge in [-0.15, -0.1) is 0 Å². The second kappa shape index (κ2) is 6.23. The summed E-state index contributed by atoms with van der Waals surface area (Å²) in [7, 11) is 0. The molecule has 0 aliphatic heterocycles. The number of rotatable bonds is 3. The number of carbonyl (C=O) groups excluding carboxylic acids is 1. The van der Waals surface area contributed by atoms with Gasteiger partial charge >= 0.3 is 6.09 Å². The van der Waals surface area contributed by atoms with Crippen molar-refractivity contribution in [3.8, 4) is 6.07 Å². The number of amides is 1. The Morgan fingerprint density at radius 1 is 1.58 bits per heavy atom. The van der Waals surface area contributed by atoms with Crippen molar-refractivity contribution in [2.24, 2.45) is 0 Å². The number of H-pyrrole nitrogens is 1. The molecule has 1 rings (SSSR count). The van der Waals surface area contributed by atoms with Gasteiger partial charge in [0.25, 0.3) is 0 Å². The Morgan fingerprint density at radius 2 is 2.21 bits per heavy atom. The molecule has 0 aromatic carbocycles. The minimum absolute atomic E-state index is 0.278. The van der Waals surface area contributed by atoms with Gasteiger partial charge in [0.15, 0.2) is 5.69 Å². The molecule has 0 aliphatic rings. The standard InChI is InChI=1S/C12H17IN4O2/c1-5-19-11(18)17(12(2,3)4)7-9-15-8(6-14)10(13)16-9/h5,7H2,1-4H3,(H,15,16). The van der Waals surface area contributed by atoms with Crippen LogP contribution < -0.4 is 0 Å². The van der Waals surface area contributed by atoms with Crippen molar-refractivity contribution >= 4 is 28.7 Å². The lowest BCUT2D eigenvalue weighted by molar-refractivity contribution is 0.0658. The Labute approximate surface area is 126 Å². The van der Waals surface area contributed by atoms with Crippen molar-refractivity contribution in [3.05, 3.63) is 15.2 Å². The summed E-state index contributed by atoms with van der Waals surface area (Å²) in [6.07, 6.45) is -0.389. The van der Waals surface area contributed by atoms with E-state index in [4.69, 9.17) is 10.00 Å². The molecule has 7 heteroatoms. The van der Waals surface area contributed by atoms with Gasteiger partial charge in [0, 0.05) is 5.54 Å². The Morgan fingerprint density at radius 3 is 2.63 bits per heavy atom. The zero-order valence-electron chi connectivity index (χ0n) is 11.5. The van der Waals surface area contributed by atoms with Crippen LogP contribution in [0, 0.1) is 15.0 Å². The number of hydrogen-bond donors (Lipinski definition) is 1. The molecule has 1 amide bonds. The number of hydrogen-bond acceptors (Lipinski definition) is 4. The van der Waals surface area contributed by atoms with E-state index in [1.54, 1.807) is 11.8 Å². The van der Waals surface area contributed by atoms with Crippen LogP contribution >= 0.6 is 22.6 Å². The van der Waals surface area contributed by atoms with Crippen LogP contribution in [0.15, 0.2) is 0 Å². The highest BCUT2D eigenvalue weighted by Gasteiger charge is 2.28. The highest BCUT2D eigenvalue weighted by molar-refractivity contribution is 14.1. The molecular weight excluding hydrogens is 359 g/mol. The van der Waals surface area contributed by atoms with E-state index in [9.17, 15) is 4.79 Å². The van der Waals surface area contributed by atoms with Crippen LogP contribution in [0.5, 0.6) is 0 Å². The summed E-state index contributed by atoms with van der Waals surface area (Å²) in [6.45, 7) is 8.13. The lowest BCUT2D eigenvalue weighted by Gasteiger charge is -2.33. The maximum Gasteiger partial charge on any atom is 0.410 e. The lowest BCUT2D eigenvalue weighted by atomic mass is 10.1. The molecule has 6 nitrogen and oxygen atoms in total. The van der Waals surface area contributed by atoms with E-state index in [1.165, 1.54) is 0 Å². The Hall–Kier alpha value is -1.30. The van der Waals surface area contributed by atoms with E-state index >= 15 is 0 Å². The lowest BCUT2D eigenvalue weighted by Crippen LogP contribution is -2.45. The van der Waals surface area contributed by atoms with Crippen LogP contribution in [0.2, 0.25) is 0 Å². The topological polar surface area (TPSA) is 82.0 Å². The van der Waals surface area contributed by atoms with Crippen LogP contribution in [-0.4, -0.2) is 33.1 Å². The van der Waals surface area contributed by atoms with Gasteiger partial charge in [-0.1, -0.05) is 0 Å². The molecule has 0 atom stereocenters. The Bertz CT molecular complexity index is 499. The maximum atomic E-state index is 12.0. The minimum atomic E-state index is -0.392. The summed E-state index contributed by atoms with van der Waals surface area (Å²) < 4.78 is 5.72. The molecular formula is C12H17IN4O2. The van der Waals surface area contributed by atoms with Gasteiger partial charge in [-0.3, -0.25) is 4.90 Å². The smallest absolute Gasteiger partial charge is 0.410 e. The average molecular weight is 376 g/mol. The molecule has 1 aromatic heterocycles. The number of carbonyl (C=O) groups is 1. The summed E-state index contributed by atoms with van der Waals surface area (Å²) in [4.78, 5) is 20.7. The van der Waals surface area contributed by atoms with Gasteiger partial charge in [-0.25, -0.2) is 9.78 Å². The molecule has 0 radical (unpaired) electrons. The molecule has 0 bridgehead atoms. The van der Waals surface area contributed by atoms with Crippen molar-refractivity contribution in [2.45, 2.75) is 39.8 Å². The van der Waals surface area contributed by atoms with Gasteiger partial charge in [0.1, 0.15) is 15.6 Å². The third-order valence-electron chi connectivity index (χ3n) is 2.42. The molecule has 0 fully saturated rings. The normalized spacial score (nSPS) is 10.9. The fourth-order valence-corrected chi connectivity index (χ4v) is 2.03. The quantitative estimate of drug-likeness (QED) is 0.823. The van der Waals surface area contributed by atoms with Crippen molar-refractivity contribution in [3.63, 3.8) is 0 Å². The second-order valence-electron chi connectivity index (χ2n) is 4.91. The first-order valence-corrected chi connectivity index (χ1v) is 6.96. The van der Waals surface area contributed by atoms with E-state index in [-0.39, 0.29) is 12.6 Å². The van der Waals surface area contributed by atoms with Gasteiger partial charge in [-0.05, 0) is 50.3 Å². The zero-order chi connectivity index (χ0) is 14.6. The molecule has 19 heavy (non-hydrogen) atoms. The number of nitrogens with zero attached hydrogens (tertiary/aromatic N) is 3. The number of aromatic nitrogens is 2. The summed E-state index contributed by atoms with van der Waals surface area (Å²) in [5.74, 6) is 0.573. The van der Waals surface area contributed by atoms with Crippen molar-refractivity contribution < 1.29 is 9.53 Å². The van der Waals surface area contributed by atoms with Crippen molar-refractivity contribution in [2.75, 3.05) is 6.61 Å². The summed E-state index contributed by atoms with van der Waals surface area (Å²) in [6, 6.07) is 2.00. The number of nitrogens with one attached hydrogen (secondary N) is 1. The number of halogens is 1. The summed E-state index contributed by atoms with van der Waals surface area (Å²) >= 11 is 2.01. The van der Waals surface area contributed by atoms with E-state index in [0.29, 0.717) is 21.8 Å². The van der Waals surface area contributed by atoms with E-state index in [0.717, 1.165) is 0 Å². The van der Waals surface area contributed by atoms with Crippen LogP contribution in [0.25, 0.3) is 0 Å². The van der Waals surface area contributed by atoms with Gasteiger partial charge in [0.2, 0.25) is 0 Å². The van der Waals surface area contributed by atoms with E-state index < -0.39 is 5.54 Å². The first kappa shape index (κ1) is 15.8. The first-order valence-electron chi connectivity index (χ1n) is 5.88. The molecule has 1 aromatic rings. The Balaban J connectivity index is 2.95. The van der Waals surface area contributed by atoms with Crippen LogP contribution in [0.1, 0.15) is 39.2 Å². The van der Waals surface area contributed by atoms with Crippen molar-refractivity contribution in [1.29, 1.82) is 5.26 Å². The van der Waals surface area contributed by atoms with E-state index in [2.05, 4.69) is 9.97 Å². The minimum Gasteiger partial charge on any atom is -0.450 e. The first-order chi connectivity index (χ1) is 8.79. The maximum absolute atomic E-state index is 12.0. The predicted molar refractivity (Wildman–Crippen MR) is 78.3 cm³/mol. The average Bonchev–Trinajstić information content (AvgIpc) is 2.65. The van der Waals surface area contributed by atoms with Gasteiger partial charge in [-0.2, -0.15) is 5.26 Å². The fraction of sp³-hybridized carbons (Fsp3) is 0.583. The molecule has 0 spiro atoms. The second-order valence-corrected chi connectivity index (χ2v) is 5.99. The molecule has 0 saturated heterocycles.